The lowest BCUT2D eigenvalue weighted by atomic mass is 10.1. The van der Waals surface area contributed by atoms with Crippen molar-refractivity contribution >= 4 is 9.84 Å². The largest absolute Gasteiger partial charge is 0.496 e. The van der Waals surface area contributed by atoms with Gasteiger partial charge >= 0.3 is 0 Å². The number of ether oxygens (including phenoxy) is 1. The van der Waals surface area contributed by atoms with Gasteiger partial charge in [-0.1, -0.05) is 30.3 Å². The first kappa shape index (κ1) is 13.6. The van der Waals surface area contributed by atoms with Crippen LogP contribution in [0.4, 0.5) is 0 Å². The first-order valence-corrected chi connectivity index (χ1v) is 7.59. The van der Waals surface area contributed by atoms with Crippen LogP contribution in [0, 0.1) is 6.92 Å². The van der Waals surface area contributed by atoms with Gasteiger partial charge in [0, 0.05) is 0 Å². The number of sulfone groups is 1. The van der Waals surface area contributed by atoms with Crippen molar-refractivity contribution < 1.29 is 13.2 Å². The van der Waals surface area contributed by atoms with E-state index < -0.39 is 9.84 Å². The average Bonchev–Trinajstić information content (AvgIpc) is 2.42. The molecule has 0 N–H and O–H groups in total. The molecule has 0 aliphatic carbocycles. The van der Waals surface area contributed by atoms with Gasteiger partial charge in [0.2, 0.25) is 0 Å². The highest BCUT2D eigenvalue weighted by Crippen LogP contribution is 2.22. The molecule has 0 fully saturated rings. The highest BCUT2D eigenvalue weighted by atomic mass is 32.2. The van der Waals surface area contributed by atoms with Crippen LogP contribution in [-0.4, -0.2) is 15.5 Å². The van der Waals surface area contributed by atoms with E-state index in [1.807, 2.05) is 19.1 Å². The summed E-state index contributed by atoms with van der Waals surface area (Å²) >= 11 is 0. The van der Waals surface area contributed by atoms with E-state index >= 15 is 0 Å². The number of hydrogen-bond donors (Lipinski definition) is 0. The normalized spacial score (nSPS) is 11.3. The molecule has 3 nitrogen and oxygen atoms in total. The molecule has 2 rings (SSSR count). The van der Waals surface area contributed by atoms with E-state index in [0.717, 1.165) is 11.1 Å². The highest BCUT2D eigenvalue weighted by molar-refractivity contribution is 7.90. The molecule has 4 heteroatoms. The second kappa shape index (κ2) is 5.45. The maximum Gasteiger partial charge on any atom is 0.182 e. The molecule has 0 amide bonds. The standard InChI is InChI=1S/C15H16O3S/c1-12-8-9-13(10-15(12)18-2)11-19(16,17)14-6-4-3-5-7-14/h3-10H,11H2,1-2H3. The Morgan fingerprint density at radius 3 is 2.37 bits per heavy atom. The predicted octanol–water partition coefficient (Wildman–Crippen LogP) is 2.98. The Bertz CT molecular complexity index is 661. The maximum atomic E-state index is 12.2. The van der Waals surface area contributed by atoms with Crippen molar-refractivity contribution in [3.8, 4) is 5.75 Å². The molecule has 0 radical (unpaired) electrons. The van der Waals surface area contributed by atoms with Crippen molar-refractivity contribution in [2.45, 2.75) is 17.6 Å². The van der Waals surface area contributed by atoms with Crippen molar-refractivity contribution in [3.63, 3.8) is 0 Å². The van der Waals surface area contributed by atoms with Crippen LogP contribution < -0.4 is 4.74 Å². The Balaban J connectivity index is 2.31. The van der Waals surface area contributed by atoms with E-state index in [9.17, 15) is 8.42 Å². The fourth-order valence-corrected chi connectivity index (χ4v) is 3.24. The van der Waals surface area contributed by atoms with Crippen molar-refractivity contribution in [2.75, 3.05) is 7.11 Å². The molecule has 0 aliphatic heterocycles. The van der Waals surface area contributed by atoms with Crippen LogP contribution in [0.1, 0.15) is 11.1 Å². The molecule has 0 saturated heterocycles. The third-order valence-corrected chi connectivity index (χ3v) is 4.64. The molecular weight excluding hydrogens is 260 g/mol. The third-order valence-electron chi connectivity index (χ3n) is 2.93. The van der Waals surface area contributed by atoms with Gasteiger partial charge in [-0.25, -0.2) is 8.42 Å². The SMILES string of the molecule is COc1cc(CS(=O)(=O)c2ccccc2)ccc1C. The van der Waals surface area contributed by atoms with E-state index in [2.05, 4.69) is 0 Å². The van der Waals surface area contributed by atoms with Gasteiger partial charge in [-0.15, -0.1) is 0 Å². The number of hydrogen-bond acceptors (Lipinski definition) is 3. The van der Waals surface area contributed by atoms with Gasteiger partial charge in [0.05, 0.1) is 17.8 Å². The molecule has 0 heterocycles. The zero-order valence-electron chi connectivity index (χ0n) is 11.0. The Kier molecular flexibility index (Phi) is 3.90. The van der Waals surface area contributed by atoms with Gasteiger partial charge in [0.15, 0.2) is 9.84 Å². The molecule has 0 bridgehead atoms. The zero-order valence-corrected chi connectivity index (χ0v) is 11.8. The quantitative estimate of drug-likeness (QED) is 0.862. The lowest BCUT2D eigenvalue weighted by Gasteiger charge is -2.08. The molecule has 0 aliphatic rings. The minimum absolute atomic E-state index is 0.0202. The van der Waals surface area contributed by atoms with E-state index in [-0.39, 0.29) is 5.75 Å². The van der Waals surface area contributed by atoms with Gasteiger partial charge in [-0.05, 0) is 36.2 Å². The van der Waals surface area contributed by atoms with Crippen LogP contribution in [0.2, 0.25) is 0 Å². The first-order chi connectivity index (χ1) is 9.03. The van der Waals surface area contributed by atoms with Crippen LogP contribution in [-0.2, 0) is 15.6 Å². The van der Waals surface area contributed by atoms with Crippen LogP contribution >= 0.6 is 0 Å². The highest BCUT2D eigenvalue weighted by Gasteiger charge is 2.15. The first-order valence-electron chi connectivity index (χ1n) is 5.94. The van der Waals surface area contributed by atoms with E-state index in [1.165, 1.54) is 0 Å². The molecule has 2 aromatic rings. The van der Waals surface area contributed by atoms with Crippen molar-refractivity contribution in [1.29, 1.82) is 0 Å². The van der Waals surface area contributed by atoms with Crippen molar-refractivity contribution in [3.05, 3.63) is 59.7 Å². The topological polar surface area (TPSA) is 43.4 Å². The van der Waals surface area contributed by atoms with Gasteiger partial charge in [0.1, 0.15) is 5.75 Å². The summed E-state index contributed by atoms with van der Waals surface area (Å²) in [6, 6.07) is 13.9. The molecule has 19 heavy (non-hydrogen) atoms. The summed E-state index contributed by atoms with van der Waals surface area (Å²) in [4.78, 5) is 0.342. The number of benzene rings is 2. The summed E-state index contributed by atoms with van der Waals surface area (Å²) in [5.41, 5.74) is 1.72. The van der Waals surface area contributed by atoms with Crippen LogP contribution in [0.25, 0.3) is 0 Å². The van der Waals surface area contributed by atoms with E-state index in [4.69, 9.17) is 4.74 Å². The van der Waals surface area contributed by atoms with Gasteiger partial charge < -0.3 is 4.74 Å². The monoisotopic (exact) mass is 276 g/mol. The third kappa shape index (κ3) is 3.15. The summed E-state index contributed by atoms with van der Waals surface area (Å²) in [7, 11) is -1.73. The molecule has 100 valence electrons. The molecule has 0 atom stereocenters. The zero-order chi connectivity index (χ0) is 13.9. The summed E-state index contributed by atoms with van der Waals surface area (Å²) in [6.07, 6.45) is 0. The van der Waals surface area contributed by atoms with Crippen LogP contribution in [0.15, 0.2) is 53.4 Å². The minimum Gasteiger partial charge on any atom is -0.496 e. The summed E-state index contributed by atoms with van der Waals surface area (Å²) in [5, 5.41) is 0. The lowest BCUT2D eigenvalue weighted by Crippen LogP contribution is -2.05. The van der Waals surface area contributed by atoms with Gasteiger partial charge in [0.25, 0.3) is 0 Å². The Morgan fingerprint density at radius 2 is 1.74 bits per heavy atom. The lowest BCUT2D eigenvalue weighted by molar-refractivity contribution is 0.411. The smallest absolute Gasteiger partial charge is 0.182 e. The number of methoxy groups -OCH3 is 1. The Labute approximate surface area is 113 Å². The predicted molar refractivity (Wildman–Crippen MR) is 75.1 cm³/mol. The fraction of sp³-hybridized carbons (Fsp3) is 0.200. The van der Waals surface area contributed by atoms with Gasteiger partial charge in [-0.2, -0.15) is 0 Å². The van der Waals surface area contributed by atoms with Gasteiger partial charge in [-0.3, -0.25) is 0 Å². The number of rotatable bonds is 4. The second-order valence-corrected chi connectivity index (χ2v) is 6.37. The van der Waals surface area contributed by atoms with Crippen LogP contribution in [0.5, 0.6) is 5.75 Å². The summed E-state index contributed by atoms with van der Waals surface area (Å²) in [5.74, 6) is 0.689. The molecule has 0 aromatic heterocycles. The molecule has 0 saturated carbocycles. The average molecular weight is 276 g/mol. The van der Waals surface area contributed by atoms with E-state index in [0.29, 0.717) is 10.6 Å². The molecular formula is C15H16O3S. The number of aryl methyl sites for hydroxylation is 1. The van der Waals surface area contributed by atoms with Crippen molar-refractivity contribution in [1.82, 2.24) is 0 Å². The van der Waals surface area contributed by atoms with E-state index in [1.54, 1.807) is 43.5 Å². The maximum absolute atomic E-state index is 12.2. The molecule has 0 spiro atoms. The molecule has 2 aromatic carbocycles. The summed E-state index contributed by atoms with van der Waals surface area (Å²) in [6.45, 7) is 1.92. The minimum atomic E-state index is -3.31. The molecule has 0 unspecified atom stereocenters. The van der Waals surface area contributed by atoms with Crippen molar-refractivity contribution in [2.24, 2.45) is 0 Å². The van der Waals surface area contributed by atoms with Crippen LogP contribution in [0.3, 0.4) is 0 Å². The summed E-state index contributed by atoms with van der Waals surface area (Å²) < 4.78 is 29.7. The second-order valence-electron chi connectivity index (χ2n) is 4.38. The fourth-order valence-electron chi connectivity index (χ4n) is 1.88. The Morgan fingerprint density at radius 1 is 1.05 bits per heavy atom. The Hall–Kier alpha value is -1.81.